The van der Waals surface area contributed by atoms with Crippen molar-refractivity contribution < 1.29 is 16.4 Å². The van der Waals surface area contributed by atoms with Crippen molar-refractivity contribution in [1.82, 2.24) is 19.7 Å². The van der Waals surface area contributed by atoms with Crippen molar-refractivity contribution in [3.8, 4) is 5.69 Å². The van der Waals surface area contributed by atoms with Crippen LogP contribution in [-0.2, 0) is 4.74 Å². The van der Waals surface area contributed by atoms with Crippen LogP contribution >= 0.6 is 0 Å². The maximum Gasteiger partial charge on any atom is 0.246 e. The highest BCUT2D eigenvalue weighted by atomic mass is 19.1. The van der Waals surface area contributed by atoms with Gasteiger partial charge < -0.3 is 15.4 Å². The highest BCUT2D eigenvalue weighted by Crippen LogP contribution is 2.31. The van der Waals surface area contributed by atoms with E-state index in [1.807, 2.05) is 19.1 Å². The van der Waals surface area contributed by atoms with Gasteiger partial charge in [-0.1, -0.05) is 6.42 Å². The molecule has 1 aromatic heterocycles. The van der Waals surface area contributed by atoms with Crippen LogP contribution in [0.3, 0.4) is 0 Å². The zero-order valence-corrected chi connectivity index (χ0v) is 19.3. The summed E-state index contributed by atoms with van der Waals surface area (Å²) < 4.78 is 33.9. The standard InChI is InChI=1S/C25H30F2N6O.2H2/c1-17-9-21(28-15-18-3-2-4-24(18)32-5-7-34-8-6-32)14-22(10-17)30-25-29-16-33(31-25)23-12-19(26)11-20(27)13-23;;/h9-14,16,18,24,28H,2-8,15H2,1H3,(H,30,31);2*1H. The molecule has 3 aromatic rings. The highest BCUT2D eigenvalue weighted by Gasteiger charge is 2.32. The molecule has 2 N–H and O–H groups in total. The Balaban J connectivity index is 0.00000180. The largest absolute Gasteiger partial charge is 0.385 e. The molecule has 1 aliphatic carbocycles. The molecule has 184 valence electrons. The highest BCUT2D eigenvalue weighted by molar-refractivity contribution is 5.63. The van der Waals surface area contributed by atoms with Crippen LogP contribution in [-0.4, -0.2) is 58.6 Å². The van der Waals surface area contributed by atoms with Gasteiger partial charge in [0, 0.05) is 46.0 Å². The van der Waals surface area contributed by atoms with E-state index in [1.54, 1.807) is 0 Å². The number of halogens is 2. The van der Waals surface area contributed by atoms with Gasteiger partial charge >= 0.3 is 0 Å². The zero-order chi connectivity index (χ0) is 23.5. The molecular weight excluding hydrogens is 438 g/mol. The van der Waals surface area contributed by atoms with Crippen LogP contribution in [0, 0.1) is 24.5 Å². The Kier molecular flexibility index (Phi) is 6.73. The van der Waals surface area contributed by atoms with Crippen LogP contribution in [0.2, 0.25) is 0 Å². The van der Waals surface area contributed by atoms with Crippen molar-refractivity contribution in [3.63, 3.8) is 0 Å². The van der Waals surface area contributed by atoms with E-state index in [0.717, 1.165) is 55.9 Å². The summed E-state index contributed by atoms with van der Waals surface area (Å²) in [6.07, 6.45) is 5.21. The fraction of sp³-hybridized carbons (Fsp3) is 0.440. The molecule has 5 rings (SSSR count). The lowest BCUT2D eigenvalue weighted by Gasteiger charge is -2.35. The summed E-state index contributed by atoms with van der Waals surface area (Å²) in [5, 5.41) is 11.2. The van der Waals surface area contributed by atoms with Crippen LogP contribution < -0.4 is 10.6 Å². The Morgan fingerprint density at radius 1 is 1.03 bits per heavy atom. The number of morpholine rings is 1. The second kappa shape index (κ2) is 10.1. The summed E-state index contributed by atoms with van der Waals surface area (Å²) in [4.78, 5) is 6.83. The third-order valence-electron chi connectivity index (χ3n) is 6.64. The molecule has 0 bridgehead atoms. The monoisotopic (exact) mass is 472 g/mol. The van der Waals surface area contributed by atoms with Crippen LogP contribution in [0.25, 0.3) is 5.69 Å². The molecule has 1 saturated heterocycles. The number of aromatic nitrogens is 3. The average molecular weight is 473 g/mol. The molecule has 0 amide bonds. The van der Waals surface area contributed by atoms with Gasteiger partial charge in [-0.05, 0) is 61.6 Å². The van der Waals surface area contributed by atoms with Crippen molar-refractivity contribution in [2.45, 2.75) is 32.2 Å². The van der Waals surface area contributed by atoms with Gasteiger partial charge in [0.05, 0.1) is 18.9 Å². The summed E-state index contributed by atoms with van der Waals surface area (Å²) in [7, 11) is 0. The van der Waals surface area contributed by atoms with Crippen LogP contribution in [0.5, 0.6) is 0 Å². The smallest absolute Gasteiger partial charge is 0.246 e. The van der Waals surface area contributed by atoms with E-state index in [0.29, 0.717) is 17.9 Å². The van der Waals surface area contributed by atoms with E-state index >= 15 is 0 Å². The van der Waals surface area contributed by atoms with Gasteiger partial charge in [-0.2, -0.15) is 4.98 Å². The summed E-state index contributed by atoms with van der Waals surface area (Å²) >= 11 is 0. The van der Waals surface area contributed by atoms with Crippen molar-refractivity contribution in [2.24, 2.45) is 5.92 Å². The molecule has 1 saturated carbocycles. The minimum absolute atomic E-state index is 0. The van der Waals surface area contributed by atoms with Gasteiger partial charge in [-0.3, -0.25) is 4.90 Å². The molecule has 0 spiro atoms. The maximum atomic E-state index is 13.5. The molecule has 2 fully saturated rings. The van der Waals surface area contributed by atoms with E-state index in [-0.39, 0.29) is 8.54 Å². The average Bonchev–Trinajstić information content (AvgIpc) is 3.47. The fourth-order valence-electron chi connectivity index (χ4n) is 5.10. The molecular formula is C25H34F2N6O. The minimum atomic E-state index is -0.660. The zero-order valence-electron chi connectivity index (χ0n) is 19.3. The SMILES string of the molecule is Cc1cc(NCC2CCCC2N2CCOCC2)cc(Nc2ncn(-c3cc(F)cc(F)c3)n2)c1.[HH].[HH]. The Bertz CT molecular complexity index is 1120. The molecule has 2 unspecified atom stereocenters. The summed E-state index contributed by atoms with van der Waals surface area (Å²) in [6.45, 7) is 6.71. The van der Waals surface area contributed by atoms with Gasteiger partial charge in [0.25, 0.3) is 0 Å². The quantitative estimate of drug-likeness (QED) is 0.504. The lowest BCUT2D eigenvalue weighted by atomic mass is 10.0. The van der Waals surface area contributed by atoms with Crippen LogP contribution in [0.15, 0.2) is 42.7 Å². The summed E-state index contributed by atoms with van der Waals surface area (Å²) in [5.74, 6) is -0.344. The van der Waals surface area contributed by atoms with Crippen molar-refractivity contribution in [2.75, 3.05) is 43.5 Å². The van der Waals surface area contributed by atoms with Gasteiger partial charge in [-0.25, -0.2) is 13.5 Å². The number of aryl methyl sites for hydroxylation is 1. The molecule has 2 atom stereocenters. The van der Waals surface area contributed by atoms with Gasteiger partial charge in [-0.15, -0.1) is 5.10 Å². The predicted molar refractivity (Wildman–Crippen MR) is 132 cm³/mol. The first-order valence-electron chi connectivity index (χ1n) is 11.9. The number of hydrogen-bond acceptors (Lipinski definition) is 6. The summed E-state index contributed by atoms with van der Waals surface area (Å²) in [6, 6.07) is 10.1. The van der Waals surface area contributed by atoms with E-state index < -0.39 is 11.6 Å². The second-order valence-corrected chi connectivity index (χ2v) is 9.14. The molecule has 34 heavy (non-hydrogen) atoms. The number of nitrogens with one attached hydrogen (secondary N) is 2. The number of rotatable bonds is 7. The fourth-order valence-corrected chi connectivity index (χ4v) is 5.10. The van der Waals surface area contributed by atoms with Gasteiger partial charge in [0.1, 0.15) is 18.0 Å². The Labute approximate surface area is 201 Å². The van der Waals surface area contributed by atoms with Crippen LogP contribution in [0.1, 0.15) is 27.7 Å². The molecule has 2 heterocycles. The van der Waals surface area contributed by atoms with Crippen molar-refractivity contribution >= 4 is 17.3 Å². The molecule has 0 radical (unpaired) electrons. The second-order valence-electron chi connectivity index (χ2n) is 9.14. The molecule has 2 aromatic carbocycles. The first-order chi connectivity index (χ1) is 16.5. The number of hydrogen-bond donors (Lipinski definition) is 2. The van der Waals surface area contributed by atoms with E-state index in [2.05, 4.69) is 31.7 Å². The maximum absolute atomic E-state index is 13.5. The predicted octanol–water partition coefficient (Wildman–Crippen LogP) is 5.00. The van der Waals surface area contributed by atoms with Crippen LogP contribution in [0.4, 0.5) is 26.1 Å². The van der Waals surface area contributed by atoms with Crippen molar-refractivity contribution in [1.29, 1.82) is 0 Å². The first kappa shape index (κ1) is 22.7. The van der Waals surface area contributed by atoms with E-state index in [9.17, 15) is 8.78 Å². The summed E-state index contributed by atoms with van der Waals surface area (Å²) in [5.41, 5.74) is 3.27. The van der Waals surface area contributed by atoms with Gasteiger partial charge in [0.15, 0.2) is 0 Å². The minimum Gasteiger partial charge on any atom is -0.385 e. The normalized spacial score (nSPS) is 21.0. The van der Waals surface area contributed by atoms with Gasteiger partial charge in [0.2, 0.25) is 5.95 Å². The molecule has 9 heteroatoms. The van der Waals surface area contributed by atoms with Crippen molar-refractivity contribution in [3.05, 3.63) is 59.9 Å². The topological polar surface area (TPSA) is 67.2 Å². The Hall–Kier alpha value is -3.04. The molecule has 7 nitrogen and oxygen atoms in total. The number of nitrogens with zero attached hydrogens (tertiary/aromatic N) is 4. The Morgan fingerprint density at radius 3 is 2.59 bits per heavy atom. The lowest BCUT2D eigenvalue weighted by molar-refractivity contribution is 0.00939. The lowest BCUT2D eigenvalue weighted by Crippen LogP contribution is -2.46. The molecule has 2 aliphatic rings. The number of anilines is 3. The molecule has 1 aliphatic heterocycles. The van der Waals surface area contributed by atoms with E-state index in [1.165, 1.54) is 42.4 Å². The van der Waals surface area contributed by atoms with E-state index in [4.69, 9.17) is 4.74 Å². The Morgan fingerprint density at radius 2 is 1.79 bits per heavy atom. The first-order valence-corrected chi connectivity index (χ1v) is 11.9. The third-order valence-corrected chi connectivity index (χ3v) is 6.64. The third kappa shape index (κ3) is 5.37. The number of benzene rings is 2. The number of ether oxygens (including phenoxy) is 1.